The summed E-state index contributed by atoms with van der Waals surface area (Å²) in [4.78, 5) is 20.6. The van der Waals surface area contributed by atoms with E-state index in [0.717, 1.165) is 30.8 Å². The second-order valence-corrected chi connectivity index (χ2v) is 25.7. The summed E-state index contributed by atoms with van der Waals surface area (Å²) in [5.74, 6) is -0.00678. The topological polar surface area (TPSA) is 88.2 Å². The van der Waals surface area contributed by atoms with Crippen LogP contribution >= 0.6 is 23.2 Å². The first-order chi connectivity index (χ1) is 25.6. The normalized spacial score (nSPS) is 24.5. The monoisotopic (exact) mass is 821 g/mol. The van der Waals surface area contributed by atoms with Crippen molar-refractivity contribution in [2.75, 3.05) is 46.5 Å². The Balaban J connectivity index is 1.68. The summed E-state index contributed by atoms with van der Waals surface area (Å²) in [6.07, 6.45) is 4.06. The maximum atomic E-state index is 16.0. The molecule has 0 aromatic heterocycles. The fraction of sp³-hybridized carbons (Fsp3) is 0.690. The fourth-order valence-electron chi connectivity index (χ4n) is 10.2. The van der Waals surface area contributed by atoms with Crippen molar-refractivity contribution in [1.29, 1.82) is 0 Å². The van der Waals surface area contributed by atoms with Crippen molar-refractivity contribution >= 4 is 47.4 Å². The molecule has 0 bridgehead atoms. The van der Waals surface area contributed by atoms with Gasteiger partial charge in [-0.3, -0.25) is 9.69 Å². The Bertz CT molecular complexity index is 1640. The van der Waals surface area contributed by atoms with Gasteiger partial charge in [0, 0.05) is 41.7 Å². The van der Waals surface area contributed by atoms with Crippen LogP contribution in [0, 0.1) is 5.41 Å². The number of nitrogens with zero attached hydrogens (tertiary/aromatic N) is 2. The van der Waals surface area contributed by atoms with Crippen LogP contribution in [0.3, 0.4) is 0 Å². The van der Waals surface area contributed by atoms with Crippen LogP contribution in [-0.4, -0.2) is 89.7 Å². The van der Waals surface area contributed by atoms with Crippen LogP contribution in [0.25, 0.3) is 0 Å². The van der Waals surface area contributed by atoms with Gasteiger partial charge in [-0.25, -0.2) is 13.1 Å². The van der Waals surface area contributed by atoms with E-state index in [0.29, 0.717) is 91.4 Å². The number of carbonyl (C=O) groups is 1. The van der Waals surface area contributed by atoms with Crippen LogP contribution in [0.4, 0.5) is 0 Å². The average molecular weight is 823 g/mol. The van der Waals surface area contributed by atoms with E-state index >= 15 is 4.79 Å². The summed E-state index contributed by atoms with van der Waals surface area (Å²) < 4.78 is 41.8. The molecule has 3 aliphatic rings. The highest BCUT2D eigenvalue weighted by Gasteiger charge is 2.59. The van der Waals surface area contributed by atoms with Crippen LogP contribution in [-0.2, 0) is 24.0 Å². The van der Waals surface area contributed by atoms with Gasteiger partial charge in [-0.2, -0.15) is 0 Å². The number of ether oxygens (including phenoxy) is 1. The Hall–Kier alpha value is -1.50. The highest BCUT2D eigenvalue weighted by molar-refractivity contribution is 7.91. The van der Waals surface area contributed by atoms with Gasteiger partial charge >= 0.3 is 0 Å². The van der Waals surface area contributed by atoms with Gasteiger partial charge in [-0.15, -0.1) is 0 Å². The van der Waals surface area contributed by atoms with Gasteiger partial charge in [0.15, 0.2) is 8.32 Å². The lowest BCUT2D eigenvalue weighted by Gasteiger charge is -2.54. The number of carbonyl (C=O) groups excluding carboxylic acids is 1. The third kappa shape index (κ3) is 8.96. The molecule has 5 rings (SSSR count). The van der Waals surface area contributed by atoms with E-state index in [2.05, 4.69) is 75.1 Å². The molecule has 0 radical (unpaired) electrons. The molecule has 1 saturated carbocycles. The number of amides is 1. The molecule has 1 N–H and O–H groups in total. The predicted molar refractivity (Wildman–Crippen MR) is 224 cm³/mol. The standard InChI is InChI=1S/C42H65Cl2N3O5SSi/c1-9-37(28-42(17-18-42)53(49,50)45-8)47-39(33-13-15-35(43)16-14-33)38(34-11-10-12-36(44)27-34)29-41(40(47)48,19-21-46-22-25-51-26-23-46)20-24-52-54(30(2)3,31(4)5)32(6)7/h10-16,27,30-32,37-39,45H,9,17-26,28-29H2,1-8H3/t37-,38+,39+,41-/m0/s1. The maximum absolute atomic E-state index is 16.0. The summed E-state index contributed by atoms with van der Waals surface area (Å²) in [6.45, 7) is 20.2. The van der Waals surface area contributed by atoms with Crippen molar-refractivity contribution in [3.05, 3.63) is 69.7 Å². The van der Waals surface area contributed by atoms with E-state index in [-0.39, 0.29) is 23.9 Å². The Morgan fingerprint density at radius 1 is 0.926 bits per heavy atom. The van der Waals surface area contributed by atoms with Gasteiger partial charge in [-0.05, 0) is 111 Å². The first kappa shape index (κ1) is 43.6. The van der Waals surface area contributed by atoms with Crippen LogP contribution < -0.4 is 4.72 Å². The molecular formula is C42H65Cl2N3O5SSi. The Labute approximate surface area is 337 Å². The number of piperidine rings is 1. The van der Waals surface area contributed by atoms with Crippen LogP contribution in [0.2, 0.25) is 26.7 Å². The highest BCUT2D eigenvalue weighted by atomic mass is 35.5. The van der Waals surface area contributed by atoms with Gasteiger partial charge in [0.05, 0.1) is 29.4 Å². The minimum Gasteiger partial charge on any atom is -0.416 e. The predicted octanol–water partition coefficient (Wildman–Crippen LogP) is 9.59. The highest BCUT2D eigenvalue weighted by Crippen LogP contribution is 2.56. The fourth-order valence-corrected chi connectivity index (χ4v) is 17.4. The Morgan fingerprint density at radius 2 is 1.56 bits per heavy atom. The summed E-state index contributed by atoms with van der Waals surface area (Å²) in [6, 6.07) is 15.3. The van der Waals surface area contributed by atoms with Gasteiger partial charge in [0.1, 0.15) is 0 Å². The SMILES string of the molecule is CC[C@@H](CC1(S(=O)(=O)NC)CC1)N1C(=O)[C@](CCO[Si](C(C)C)(C(C)C)C(C)C)(CCN2CCOCC2)C[C@H](c2cccc(Cl)c2)[C@H]1c1ccc(Cl)cc1. The number of hydrogen-bond donors (Lipinski definition) is 1. The Kier molecular flexibility index (Phi) is 14.5. The van der Waals surface area contributed by atoms with E-state index in [9.17, 15) is 8.42 Å². The minimum atomic E-state index is -3.57. The second kappa shape index (κ2) is 18.0. The molecule has 4 atom stereocenters. The van der Waals surface area contributed by atoms with Crippen LogP contribution in [0.1, 0.15) is 116 Å². The molecule has 0 unspecified atom stereocenters. The number of sulfonamides is 1. The number of morpholine rings is 1. The van der Waals surface area contributed by atoms with E-state index in [1.165, 1.54) is 7.05 Å². The second-order valence-electron chi connectivity index (χ2n) is 17.1. The number of hydrogen-bond acceptors (Lipinski definition) is 6. The molecule has 54 heavy (non-hydrogen) atoms. The molecule has 2 saturated heterocycles. The van der Waals surface area contributed by atoms with E-state index < -0.39 is 28.5 Å². The van der Waals surface area contributed by atoms with Crippen molar-refractivity contribution in [2.45, 2.75) is 133 Å². The van der Waals surface area contributed by atoms with E-state index in [4.69, 9.17) is 32.4 Å². The van der Waals surface area contributed by atoms with Gasteiger partial charge < -0.3 is 14.1 Å². The van der Waals surface area contributed by atoms with Crippen molar-refractivity contribution in [2.24, 2.45) is 5.41 Å². The number of nitrogens with one attached hydrogen (secondary N) is 1. The third-order valence-electron chi connectivity index (χ3n) is 13.2. The van der Waals surface area contributed by atoms with Crippen molar-refractivity contribution in [1.82, 2.24) is 14.5 Å². The molecule has 2 heterocycles. The molecule has 2 aliphatic heterocycles. The quantitative estimate of drug-likeness (QED) is 0.151. The minimum absolute atomic E-state index is 0.105. The van der Waals surface area contributed by atoms with Gasteiger partial charge in [-0.1, -0.05) is 95.9 Å². The largest absolute Gasteiger partial charge is 0.416 e. The molecule has 1 amide bonds. The van der Waals surface area contributed by atoms with Crippen LogP contribution in [0.15, 0.2) is 48.5 Å². The Morgan fingerprint density at radius 3 is 2.09 bits per heavy atom. The van der Waals surface area contributed by atoms with E-state index in [1.54, 1.807) is 0 Å². The summed E-state index contributed by atoms with van der Waals surface area (Å²) in [5.41, 5.74) is 2.56. The van der Waals surface area contributed by atoms with Crippen LogP contribution in [0.5, 0.6) is 0 Å². The molecule has 0 spiro atoms. The van der Waals surface area contributed by atoms with Crippen molar-refractivity contribution < 1.29 is 22.4 Å². The smallest absolute Gasteiger partial charge is 0.229 e. The first-order valence-corrected chi connectivity index (χ1v) is 24.6. The zero-order valence-electron chi connectivity index (χ0n) is 33.9. The molecule has 1 aliphatic carbocycles. The molecule has 302 valence electrons. The summed E-state index contributed by atoms with van der Waals surface area (Å²) >= 11 is 13.2. The number of halogens is 2. The van der Waals surface area contributed by atoms with Gasteiger partial charge in [0.25, 0.3) is 0 Å². The zero-order valence-corrected chi connectivity index (χ0v) is 37.2. The third-order valence-corrected chi connectivity index (χ3v) is 22.1. The zero-order chi connectivity index (χ0) is 39.5. The molecular weight excluding hydrogens is 758 g/mol. The summed E-state index contributed by atoms with van der Waals surface area (Å²) in [7, 11) is -4.30. The maximum Gasteiger partial charge on any atom is 0.229 e. The lowest BCUT2D eigenvalue weighted by Crippen LogP contribution is -2.58. The molecule has 3 fully saturated rings. The molecule has 12 heteroatoms. The number of likely N-dealkylation sites (tertiary alicyclic amines) is 1. The lowest BCUT2D eigenvalue weighted by atomic mass is 9.64. The number of rotatable bonds is 18. The van der Waals surface area contributed by atoms with Gasteiger partial charge in [0.2, 0.25) is 15.9 Å². The number of benzene rings is 2. The first-order valence-electron chi connectivity index (χ1n) is 20.3. The molecule has 2 aromatic carbocycles. The van der Waals surface area contributed by atoms with Crippen molar-refractivity contribution in [3.8, 4) is 0 Å². The molecule has 2 aromatic rings. The lowest BCUT2D eigenvalue weighted by molar-refractivity contribution is -0.159. The van der Waals surface area contributed by atoms with Crippen molar-refractivity contribution in [3.63, 3.8) is 0 Å². The van der Waals surface area contributed by atoms with E-state index in [1.807, 2.05) is 36.4 Å². The molecule has 8 nitrogen and oxygen atoms in total. The summed E-state index contributed by atoms with van der Waals surface area (Å²) in [5, 5.41) is 1.28. The average Bonchev–Trinajstić information content (AvgIpc) is 3.94.